The van der Waals surface area contributed by atoms with Crippen LogP contribution >= 0.6 is 0 Å². The van der Waals surface area contributed by atoms with Crippen LogP contribution in [-0.4, -0.2) is 56.8 Å². The van der Waals surface area contributed by atoms with Gasteiger partial charge in [-0.3, -0.25) is 4.79 Å². The lowest BCUT2D eigenvalue weighted by Crippen LogP contribution is -2.52. The number of ether oxygens (including phenoxy) is 1. The zero-order chi connectivity index (χ0) is 14.8. The number of rotatable bonds is 3. The molecule has 0 spiro atoms. The highest BCUT2D eigenvalue weighted by atomic mass is 32.2. The van der Waals surface area contributed by atoms with Crippen LogP contribution in [0.3, 0.4) is 0 Å². The van der Waals surface area contributed by atoms with E-state index in [0.717, 1.165) is 0 Å². The third-order valence-electron chi connectivity index (χ3n) is 3.22. The average molecular weight is 299 g/mol. The second-order valence-electron chi connectivity index (χ2n) is 4.46. The molecule has 0 aliphatic carbocycles. The van der Waals surface area contributed by atoms with Gasteiger partial charge >= 0.3 is 0 Å². The summed E-state index contributed by atoms with van der Waals surface area (Å²) in [6.07, 6.45) is 0. The molecule has 0 aromatic heterocycles. The minimum Gasteiger partial charge on any atom is -0.497 e. The van der Waals surface area contributed by atoms with Gasteiger partial charge < -0.3 is 9.64 Å². The van der Waals surface area contributed by atoms with Gasteiger partial charge in [0, 0.05) is 31.7 Å². The van der Waals surface area contributed by atoms with Crippen LogP contribution < -0.4 is 9.88 Å². The molecule has 1 aromatic carbocycles. The lowest BCUT2D eigenvalue weighted by atomic mass is 10.2. The van der Waals surface area contributed by atoms with Crippen molar-refractivity contribution in [1.82, 2.24) is 9.21 Å². The molecule has 7 nitrogen and oxygen atoms in total. The van der Waals surface area contributed by atoms with Crippen molar-refractivity contribution < 1.29 is 17.9 Å². The Kier molecular flexibility index (Phi) is 4.26. The highest BCUT2D eigenvalue weighted by Crippen LogP contribution is 2.14. The van der Waals surface area contributed by atoms with E-state index in [2.05, 4.69) is 0 Å². The van der Waals surface area contributed by atoms with Gasteiger partial charge in [0.05, 0.1) is 7.11 Å². The molecule has 1 amide bonds. The van der Waals surface area contributed by atoms with Crippen molar-refractivity contribution >= 4 is 16.1 Å². The Morgan fingerprint density at radius 3 is 2.15 bits per heavy atom. The van der Waals surface area contributed by atoms with Gasteiger partial charge in [-0.15, -0.1) is 0 Å². The molecule has 0 unspecified atom stereocenters. The molecule has 20 heavy (non-hydrogen) atoms. The van der Waals surface area contributed by atoms with Gasteiger partial charge in [-0.2, -0.15) is 12.7 Å². The molecule has 0 radical (unpaired) electrons. The largest absolute Gasteiger partial charge is 0.497 e. The van der Waals surface area contributed by atoms with Crippen molar-refractivity contribution in [1.29, 1.82) is 0 Å². The summed E-state index contributed by atoms with van der Waals surface area (Å²) in [4.78, 5) is 13.9. The smallest absolute Gasteiger partial charge is 0.277 e. The first-order valence-electron chi connectivity index (χ1n) is 6.13. The fourth-order valence-corrected chi connectivity index (χ4v) is 2.73. The molecular weight excluding hydrogens is 282 g/mol. The quantitative estimate of drug-likeness (QED) is 0.826. The van der Waals surface area contributed by atoms with Gasteiger partial charge in [0.2, 0.25) is 0 Å². The van der Waals surface area contributed by atoms with Gasteiger partial charge in [-0.25, -0.2) is 5.14 Å². The predicted octanol–water partition coefficient (Wildman–Crippen LogP) is -0.343. The number of amides is 1. The summed E-state index contributed by atoms with van der Waals surface area (Å²) in [5.41, 5.74) is 0.551. The summed E-state index contributed by atoms with van der Waals surface area (Å²) in [5.74, 6) is 0.558. The second kappa shape index (κ2) is 5.78. The Hall–Kier alpha value is -1.64. The molecule has 1 aromatic rings. The van der Waals surface area contributed by atoms with E-state index in [4.69, 9.17) is 9.88 Å². The average Bonchev–Trinajstić information content (AvgIpc) is 2.46. The third-order valence-corrected chi connectivity index (χ3v) is 4.31. The molecule has 2 N–H and O–H groups in total. The standard InChI is InChI=1S/C12H17N3O4S/c1-19-11-4-2-10(3-5-11)12(16)14-6-8-15(9-7-14)20(13,17)18/h2-5H,6-9H2,1H3,(H2,13,17,18). The Bertz CT molecular complexity index is 577. The molecular formula is C12H17N3O4S. The van der Waals surface area contributed by atoms with Crippen LogP contribution in [0.4, 0.5) is 0 Å². The monoisotopic (exact) mass is 299 g/mol. The molecule has 8 heteroatoms. The maximum absolute atomic E-state index is 12.2. The van der Waals surface area contributed by atoms with Crippen molar-refractivity contribution in [3.05, 3.63) is 29.8 Å². The van der Waals surface area contributed by atoms with Crippen molar-refractivity contribution in [3.63, 3.8) is 0 Å². The normalized spacial score (nSPS) is 17.0. The van der Waals surface area contributed by atoms with Crippen molar-refractivity contribution in [2.24, 2.45) is 5.14 Å². The minimum absolute atomic E-state index is 0.123. The maximum atomic E-state index is 12.2. The van der Waals surface area contributed by atoms with E-state index in [-0.39, 0.29) is 19.0 Å². The Labute approximate surface area is 118 Å². The SMILES string of the molecule is COc1ccc(C(=O)N2CCN(S(N)(=O)=O)CC2)cc1. The van der Waals surface area contributed by atoms with Crippen LogP contribution in [-0.2, 0) is 10.2 Å². The zero-order valence-electron chi connectivity index (χ0n) is 11.2. The molecule has 1 aliphatic heterocycles. The van der Waals surface area contributed by atoms with E-state index in [1.807, 2.05) is 0 Å². The van der Waals surface area contributed by atoms with Crippen LogP contribution in [0.1, 0.15) is 10.4 Å². The van der Waals surface area contributed by atoms with Crippen molar-refractivity contribution in [3.8, 4) is 5.75 Å². The number of piperazine rings is 1. The van der Waals surface area contributed by atoms with E-state index >= 15 is 0 Å². The first-order chi connectivity index (χ1) is 9.41. The minimum atomic E-state index is -3.67. The van der Waals surface area contributed by atoms with Crippen LogP contribution in [0.15, 0.2) is 24.3 Å². The topological polar surface area (TPSA) is 92.9 Å². The highest BCUT2D eigenvalue weighted by Gasteiger charge is 2.26. The molecule has 1 saturated heterocycles. The van der Waals surface area contributed by atoms with E-state index in [1.54, 1.807) is 36.3 Å². The molecule has 0 bridgehead atoms. The molecule has 1 aliphatic rings. The van der Waals surface area contributed by atoms with E-state index in [0.29, 0.717) is 24.4 Å². The Balaban J connectivity index is 2.01. The summed E-state index contributed by atoms with van der Waals surface area (Å²) in [7, 11) is -2.11. The fourth-order valence-electron chi connectivity index (χ4n) is 2.06. The van der Waals surface area contributed by atoms with E-state index in [9.17, 15) is 13.2 Å². The van der Waals surface area contributed by atoms with Crippen LogP contribution in [0.5, 0.6) is 5.75 Å². The summed E-state index contributed by atoms with van der Waals surface area (Å²) >= 11 is 0. The van der Waals surface area contributed by atoms with Crippen molar-refractivity contribution in [2.45, 2.75) is 0 Å². The fraction of sp³-hybridized carbons (Fsp3) is 0.417. The highest BCUT2D eigenvalue weighted by molar-refractivity contribution is 7.86. The molecule has 2 rings (SSSR count). The van der Waals surface area contributed by atoms with Gasteiger partial charge in [-0.1, -0.05) is 0 Å². The molecule has 0 saturated carbocycles. The number of hydrogen-bond donors (Lipinski definition) is 1. The van der Waals surface area contributed by atoms with Gasteiger partial charge in [-0.05, 0) is 24.3 Å². The molecule has 1 heterocycles. The third kappa shape index (κ3) is 3.27. The first kappa shape index (κ1) is 14.8. The number of hydrogen-bond acceptors (Lipinski definition) is 4. The van der Waals surface area contributed by atoms with Gasteiger partial charge in [0.25, 0.3) is 16.1 Å². The van der Waals surface area contributed by atoms with Crippen LogP contribution in [0, 0.1) is 0 Å². The predicted molar refractivity (Wildman–Crippen MR) is 73.6 cm³/mol. The molecule has 110 valence electrons. The molecule has 1 fully saturated rings. The Morgan fingerprint density at radius 1 is 1.15 bits per heavy atom. The number of nitrogens with zero attached hydrogens (tertiary/aromatic N) is 2. The van der Waals surface area contributed by atoms with Crippen LogP contribution in [0.25, 0.3) is 0 Å². The summed E-state index contributed by atoms with van der Waals surface area (Å²) < 4.78 is 28.6. The summed E-state index contributed by atoms with van der Waals surface area (Å²) in [6, 6.07) is 6.81. The molecule has 0 atom stereocenters. The number of nitrogens with two attached hydrogens (primary N) is 1. The first-order valence-corrected chi connectivity index (χ1v) is 7.63. The summed E-state index contributed by atoms with van der Waals surface area (Å²) in [6.45, 7) is 1.12. The second-order valence-corrected chi connectivity index (χ2v) is 6.01. The maximum Gasteiger partial charge on any atom is 0.277 e. The summed E-state index contributed by atoms with van der Waals surface area (Å²) in [5, 5.41) is 5.06. The van der Waals surface area contributed by atoms with Crippen LogP contribution in [0.2, 0.25) is 0 Å². The number of carbonyl (C=O) groups excluding carboxylic acids is 1. The lowest BCUT2D eigenvalue weighted by Gasteiger charge is -2.33. The number of benzene rings is 1. The van der Waals surface area contributed by atoms with E-state index in [1.165, 1.54) is 4.31 Å². The number of methoxy groups -OCH3 is 1. The lowest BCUT2D eigenvalue weighted by molar-refractivity contribution is 0.0698. The number of carbonyl (C=O) groups is 1. The Morgan fingerprint density at radius 2 is 1.70 bits per heavy atom. The zero-order valence-corrected chi connectivity index (χ0v) is 12.0. The van der Waals surface area contributed by atoms with Gasteiger partial charge in [0.15, 0.2) is 0 Å². The van der Waals surface area contributed by atoms with E-state index < -0.39 is 10.2 Å². The van der Waals surface area contributed by atoms with Gasteiger partial charge in [0.1, 0.15) is 5.75 Å². The van der Waals surface area contributed by atoms with Crippen molar-refractivity contribution in [2.75, 3.05) is 33.3 Å².